The Kier molecular flexibility index (Phi) is 3.93. The van der Waals surface area contributed by atoms with Gasteiger partial charge in [-0.05, 0) is 6.07 Å². The molecule has 0 aromatic carbocycles. The van der Waals surface area contributed by atoms with Crippen molar-refractivity contribution in [2.45, 2.75) is 12.6 Å². The fourth-order valence-electron chi connectivity index (χ4n) is 1.25. The number of esters is 1. The van der Waals surface area contributed by atoms with E-state index in [1.165, 1.54) is 7.11 Å². The van der Waals surface area contributed by atoms with Crippen LogP contribution in [0.1, 0.15) is 15.9 Å². The number of nitrogens with zero attached hydrogens (tertiary/aromatic N) is 1. The molecule has 4 nitrogen and oxygen atoms in total. The number of rotatable bonds is 3. The summed E-state index contributed by atoms with van der Waals surface area (Å²) in [5.74, 6) is -0.904. The molecule has 0 fully saturated rings. The van der Waals surface area contributed by atoms with Gasteiger partial charge in [0.15, 0.2) is 0 Å². The molecule has 0 unspecified atom stereocenters. The molecule has 0 radical (unpaired) electrons. The van der Waals surface area contributed by atoms with Crippen LogP contribution >= 0.6 is 0 Å². The molecule has 0 spiro atoms. The highest BCUT2D eigenvalue weighted by Gasteiger charge is 2.30. The summed E-state index contributed by atoms with van der Waals surface area (Å²) in [6.45, 7) is 0. The molecule has 0 aliphatic rings. The zero-order chi connectivity index (χ0) is 13.1. The summed E-state index contributed by atoms with van der Waals surface area (Å²) < 4.78 is 45.9. The van der Waals surface area contributed by atoms with Crippen molar-refractivity contribution in [2.24, 2.45) is 0 Å². The van der Waals surface area contributed by atoms with E-state index in [2.05, 4.69) is 9.72 Å². The lowest BCUT2D eigenvalue weighted by atomic mass is 10.1. The molecule has 7 heteroatoms. The molecule has 17 heavy (non-hydrogen) atoms. The van der Waals surface area contributed by atoms with E-state index >= 15 is 0 Å². The Bertz CT molecular complexity index is 418. The Morgan fingerprint density at radius 2 is 2.06 bits per heavy atom. The van der Waals surface area contributed by atoms with Crippen molar-refractivity contribution in [3.05, 3.63) is 23.4 Å². The van der Waals surface area contributed by atoms with Crippen LogP contribution in [0.25, 0.3) is 0 Å². The predicted molar refractivity (Wildman–Crippen MR) is 51.9 cm³/mol. The SMILES string of the molecule is COC(=O)c1cnc(OC)c(CC(F)(F)F)c1. The van der Waals surface area contributed by atoms with E-state index in [-0.39, 0.29) is 17.0 Å². The maximum absolute atomic E-state index is 12.3. The highest BCUT2D eigenvalue weighted by molar-refractivity contribution is 5.89. The molecule has 0 aliphatic carbocycles. The summed E-state index contributed by atoms with van der Waals surface area (Å²) >= 11 is 0. The summed E-state index contributed by atoms with van der Waals surface area (Å²) in [7, 11) is 2.34. The minimum absolute atomic E-state index is 0.0486. The van der Waals surface area contributed by atoms with Crippen LogP contribution in [0.2, 0.25) is 0 Å². The van der Waals surface area contributed by atoms with E-state index in [4.69, 9.17) is 4.74 Å². The Morgan fingerprint density at radius 1 is 1.41 bits per heavy atom. The van der Waals surface area contributed by atoms with E-state index in [1.54, 1.807) is 0 Å². The smallest absolute Gasteiger partial charge is 0.393 e. The standard InChI is InChI=1S/C10H10F3NO3/c1-16-8-6(4-10(11,12)13)3-7(5-14-8)9(15)17-2/h3,5H,4H2,1-2H3. The maximum Gasteiger partial charge on any atom is 0.393 e. The number of alkyl halides is 3. The largest absolute Gasteiger partial charge is 0.481 e. The molecule has 0 N–H and O–H groups in total. The summed E-state index contributed by atoms with van der Waals surface area (Å²) in [6, 6.07) is 1.06. The van der Waals surface area contributed by atoms with Gasteiger partial charge in [0, 0.05) is 11.8 Å². The maximum atomic E-state index is 12.3. The van der Waals surface area contributed by atoms with Gasteiger partial charge in [-0.25, -0.2) is 9.78 Å². The van der Waals surface area contributed by atoms with Gasteiger partial charge >= 0.3 is 12.1 Å². The number of hydrogen-bond acceptors (Lipinski definition) is 4. The number of carbonyl (C=O) groups excluding carboxylic acids is 1. The van der Waals surface area contributed by atoms with Gasteiger partial charge in [0.05, 0.1) is 26.2 Å². The first kappa shape index (κ1) is 13.3. The number of methoxy groups -OCH3 is 2. The molecule has 0 amide bonds. The average molecular weight is 249 g/mol. The molecule has 1 heterocycles. The molecule has 0 saturated carbocycles. The minimum Gasteiger partial charge on any atom is -0.481 e. The van der Waals surface area contributed by atoms with Crippen LogP contribution in [0.4, 0.5) is 13.2 Å². The number of aromatic nitrogens is 1. The zero-order valence-electron chi connectivity index (χ0n) is 9.17. The van der Waals surface area contributed by atoms with Gasteiger partial charge in [-0.1, -0.05) is 0 Å². The van der Waals surface area contributed by atoms with Gasteiger partial charge in [-0.2, -0.15) is 13.2 Å². The lowest BCUT2D eigenvalue weighted by Crippen LogP contribution is -2.14. The molecule has 0 atom stereocenters. The van der Waals surface area contributed by atoms with Crippen LogP contribution in [0.3, 0.4) is 0 Å². The van der Waals surface area contributed by atoms with Crippen molar-refractivity contribution in [3.63, 3.8) is 0 Å². The van der Waals surface area contributed by atoms with Gasteiger partial charge in [0.1, 0.15) is 0 Å². The molecule has 1 aromatic rings. The molecule has 1 rings (SSSR count). The second-order valence-corrected chi connectivity index (χ2v) is 3.18. The van der Waals surface area contributed by atoms with E-state index in [9.17, 15) is 18.0 Å². The number of carbonyl (C=O) groups is 1. The lowest BCUT2D eigenvalue weighted by molar-refractivity contribution is -0.127. The van der Waals surface area contributed by atoms with Crippen molar-refractivity contribution in [2.75, 3.05) is 14.2 Å². The molecular weight excluding hydrogens is 239 g/mol. The van der Waals surface area contributed by atoms with Crippen LogP contribution in [0.5, 0.6) is 5.88 Å². The molecule has 0 bridgehead atoms. The van der Waals surface area contributed by atoms with E-state index in [1.807, 2.05) is 0 Å². The van der Waals surface area contributed by atoms with Crippen molar-refractivity contribution >= 4 is 5.97 Å². The van der Waals surface area contributed by atoms with E-state index in [0.29, 0.717) is 0 Å². The number of pyridine rings is 1. The third-order valence-electron chi connectivity index (χ3n) is 1.93. The van der Waals surface area contributed by atoms with Crippen molar-refractivity contribution in [1.29, 1.82) is 0 Å². The lowest BCUT2D eigenvalue weighted by Gasteiger charge is -2.10. The fraction of sp³-hybridized carbons (Fsp3) is 0.400. The van der Waals surface area contributed by atoms with Gasteiger partial charge in [0.2, 0.25) is 5.88 Å². The third kappa shape index (κ3) is 3.61. The Hall–Kier alpha value is -1.79. The number of hydrogen-bond donors (Lipinski definition) is 0. The van der Waals surface area contributed by atoms with Crippen LogP contribution in [-0.2, 0) is 11.2 Å². The van der Waals surface area contributed by atoms with Gasteiger partial charge in [-0.3, -0.25) is 0 Å². The zero-order valence-corrected chi connectivity index (χ0v) is 9.17. The molecule has 0 saturated heterocycles. The molecule has 1 aromatic heterocycles. The topological polar surface area (TPSA) is 48.4 Å². The van der Waals surface area contributed by atoms with Crippen LogP contribution in [0.15, 0.2) is 12.3 Å². The normalized spacial score (nSPS) is 11.1. The first-order chi connectivity index (χ1) is 7.87. The van der Waals surface area contributed by atoms with E-state index < -0.39 is 18.6 Å². The second-order valence-electron chi connectivity index (χ2n) is 3.18. The Balaban J connectivity index is 3.11. The van der Waals surface area contributed by atoms with E-state index in [0.717, 1.165) is 19.4 Å². The minimum atomic E-state index is -4.40. The molecule has 0 aliphatic heterocycles. The van der Waals surface area contributed by atoms with Gasteiger partial charge in [0.25, 0.3) is 0 Å². The van der Waals surface area contributed by atoms with Crippen molar-refractivity contribution in [3.8, 4) is 5.88 Å². The highest BCUT2D eigenvalue weighted by Crippen LogP contribution is 2.26. The predicted octanol–water partition coefficient (Wildman–Crippen LogP) is 1.98. The van der Waals surface area contributed by atoms with Crippen molar-refractivity contribution in [1.82, 2.24) is 4.98 Å². The molecular formula is C10H10F3NO3. The third-order valence-corrected chi connectivity index (χ3v) is 1.93. The number of halogens is 3. The quantitative estimate of drug-likeness (QED) is 0.768. The first-order valence-electron chi connectivity index (χ1n) is 4.55. The van der Waals surface area contributed by atoms with Crippen LogP contribution in [-0.4, -0.2) is 31.3 Å². The van der Waals surface area contributed by atoms with Gasteiger partial charge < -0.3 is 9.47 Å². The first-order valence-corrected chi connectivity index (χ1v) is 4.55. The van der Waals surface area contributed by atoms with Crippen LogP contribution in [0, 0.1) is 0 Å². The van der Waals surface area contributed by atoms with Gasteiger partial charge in [-0.15, -0.1) is 0 Å². The highest BCUT2D eigenvalue weighted by atomic mass is 19.4. The number of ether oxygens (including phenoxy) is 2. The monoisotopic (exact) mass is 249 g/mol. The summed E-state index contributed by atoms with van der Waals surface area (Å²) in [5, 5.41) is 0. The van der Waals surface area contributed by atoms with Crippen LogP contribution < -0.4 is 4.74 Å². The summed E-state index contributed by atoms with van der Waals surface area (Å²) in [6.07, 6.45) is -4.51. The summed E-state index contributed by atoms with van der Waals surface area (Å²) in [5.41, 5.74) is -0.254. The fourth-order valence-corrected chi connectivity index (χ4v) is 1.25. The second kappa shape index (κ2) is 5.03. The Labute approximate surface area is 95.4 Å². The molecule has 94 valence electrons. The Morgan fingerprint density at radius 3 is 2.53 bits per heavy atom. The van der Waals surface area contributed by atoms with Crippen molar-refractivity contribution < 1.29 is 27.4 Å². The summed E-state index contributed by atoms with van der Waals surface area (Å²) in [4.78, 5) is 14.8. The average Bonchev–Trinajstić information content (AvgIpc) is 2.25.